The third kappa shape index (κ3) is 4.42. The van der Waals surface area contributed by atoms with Crippen molar-refractivity contribution in [2.75, 3.05) is 0 Å². The van der Waals surface area contributed by atoms with Gasteiger partial charge < -0.3 is 9.47 Å². The van der Waals surface area contributed by atoms with Crippen LogP contribution in [-0.4, -0.2) is 17.5 Å². The molecule has 0 amide bonds. The number of hydrogen-bond acceptors (Lipinski definition) is 4. The normalized spacial score (nSPS) is 16.9. The molecule has 5 heteroatoms. The van der Waals surface area contributed by atoms with E-state index in [1.54, 1.807) is 20.8 Å². The maximum absolute atomic E-state index is 13.1. The first-order chi connectivity index (χ1) is 7.29. The summed E-state index contributed by atoms with van der Waals surface area (Å²) < 4.78 is 22.3. The van der Waals surface area contributed by atoms with Crippen molar-refractivity contribution >= 4 is 11.9 Å². The van der Waals surface area contributed by atoms with Gasteiger partial charge in [-0.15, -0.1) is 0 Å². The molecule has 4 nitrogen and oxygen atoms in total. The maximum atomic E-state index is 13.1. The summed E-state index contributed by atoms with van der Waals surface area (Å²) in [4.78, 5) is 22.1. The molecule has 0 saturated heterocycles. The zero-order valence-electron chi connectivity index (χ0n) is 9.58. The molecule has 1 fully saturated rings. The van der Waals surface area contributed by atoms with Gasteiger partial charge in [0.05, 0.1) is 5.92 Å². The van der Waals surface area contributed by atoms with Crippen molar-refractivity contribution in [1.82, 2.24) is 0 Å². The second-order valence-corrected chi connectivity index (χ2v) is 4.68. The lowest BCUT2D eigenvalue weighted by Crippen LogP contribution is -2.24. The Morgan fingerprint density at radius 1 is 1.31 bits per heavy atom. The Labute approximate surface area is 93.4 Å². The Morgan fingerprint density at radius 3 is 2.31 bits per heavy atom. The minimum Gasteiger partial charge on any atom is -0.455 e. The molecule has 1 aliphatic rings. The lowest BCUT2D eigenvalue weighted by atomic mass is 10.2. The second-order valence-electron chi connectivity index (χ2n) is 4.68. The summed E-state index contributed by atoms with van der Waals surface area (Å²) >= 11 is 0. The van der Waals surface area contributed by atoms with Gasteiger partial charge in [0.15, 0.2) is 0 Å². The van der Waals surface area contributed by atoms with E-state index in [1.807, 2.05) is 0 Å². The number of ether oxygens (including phenoxy) is 2. The molecule has 0 heterocycles. The molecule has 0 aromatic rings. The monoisotopic (exact) mass is 230 g/mol. The topological polar surface area (TPSA) is 52.6 Å². The number of halogens is 1. The molecule has 1 rings (SSSR count). The molecule has 1 saturated carbocycles. The molecule has 0 spiro atoms. The highest BCUT2D eigenvalue weighted by Gasteiger charge is 2.31. The van der Waals surface area contributed by atoms with Crippen LogP contribution in [0.25, 0.3) is 0 Å². The molecule has 0 radical (unpaired) electrons. The molecule has 90 valence electrons. The summed E-state index contributed by atoms with van der Waals surface area (Å²) in [5.74, 6) is -2.97. The molecular weight excluding hydrogens is 215 g/mol. The van der Waals surface area contributed by atoms with Crippen LogP contribution in [0.1, 0.15) is 33.6 Å². The molecule has 16 heavy (non-hydrogen) atoms. The summed E-state index contributed by atoms with van der Waals surface area (Å²) in [6.45, 7) is 4.86. The van der Waals surface area contributed by atoms with E-state index in [2.05, 4.69) is 4.74 Å². The summed E-state index contributed by atoms with van der Waals surface area (Å²) in [6, 6.07) is 0. The molecule has 0 bridgehead atoms. The fourth-order valence-corrected chi connectivity index (χ4v) is 0.900. The highest BCUT2D eigenvalue weighted by Crippen LogP contribution is 2.30. The van der Waals surface area contributed by atoms with Crippen LogP contribution in [0.15, 0.2) is 12.1 Å². The molecular formula is C11H15FO4. The highest BCUT2D eigenvalue weighted by atomic mass is 19.1. The summed E-state index contributed by atoms with van der Waals surface area (Å²) in [5.41, 5.74) is -0.775. The smallest absolute Gasteiger partial charge is 0.370 e. The summed E-state index contributed by atoms with van der Waals surface area (Å²) in [5, 5.41) is 0. The SMILES string of the molecule is CC(C)(C)OC(=O)/C(F)=C/OC(=O)C1CC1. The van der Waals surface area contributed by atoms with Gasteiger partial charge in [-0.05, 0) is 33.6 Å². The second kappa shape index (κ2) is 4.63. The lowest BCUT2D eigenvalue weighted by molar-refractivity contribution is -0.152. The van der Waals surface area contributed by atoms with Gasteiger partial charge in [-0.2, -0.15) is 4.39 Å². The van der Waals surface area contributed by atoms with Gasteiger partial charge in [-0.3, -0.25) is 4.79 Å². The van der Waals surface area contributed by atoms with Gasteiger partial charge in [0.1, 0.15) is 11.9 Å². The van der Waals surface area contributed by atoms with Crippen LogP contribution in [0.3, 0.4) is 0 Å². The first kappa shape index (κ1) is 12.7. The average molecular weight is 230 g/mol. The summed E-state index contributed by atoms with van der Waals surface area (Å²) in [6.07, 6.45) is 2.04. The van der Waals surface area contributed by atoms with E-state index in [-0.39, 0.29) is 5.92 Å². The fourth-order valence-electron chi connectivity index (χ4n) is 0.900. The number of rotatable bonds is 3. The van der Waals surface area contributed by atoms with E-state index in [0.29, 0.717) is 6.26 Å². The van der Waals surface area contributed by atoms with Crippen LogP contribution in [0.2, 0.25) is 0 Å². The third-order valence-corrected chi connectivity index (χ3v) is 1.78. The first-order valence-electron chi connectivity index (χ1n) is 5.09. The highest BCUT2D eigenvalue weighted by molar-refractivity contribution is 5.86. The Kier molecular flexibility index (Phi) is 3.67. The van der Waals surface area contributed by atoms with Crippen molar-refractivity contribution in [1.29, 1.82) is 0 Å². The zero-order chi connectivity index (χ0) is 12.3. The Morgan fingerprint density at radius 2 is 1.88 bits per heavy atom. The lowest BCUT2D eigenvalue weighted by Gasteiger charge is -2.18. The Bertz CT molecular complexity index is 323. The maximum Gasteiger partial charge on any atom is 0.370 e. The molecule has 1 aliphatic carbocycles. The van der Waals surface area contributed by atoms with Gasteiger partial charge in [-0.1, -0.05) is 0 Å². The van der Waals surface area contributed by atoms with Crippen LogP contribution in [0.4, 0.5) is 4.39 Å². The van der Waals surface area contributed by atoms with E-state index in [0.717, 1.165) is 12.8 Å². The minimum absolute atomic E-state index is 0.136. The number of carbonyl (C=O) groups is 2. The molecule has 0 aliphatic heterocycles. The molecule has 0 aromatic heterocycles. The van der Waals surface area contributed by atoms with E-state index >= 15 is 0 Å². The van der Waals surface area contributed by atoms with Gasteiger partial charge in [-0.25, -0.2) is 4.79 Å². The van der Waals surface area contributed by atoms with Crippen molar-refractivity contribution < 1.29 is 23.5 Å². The third-order valence-electron chi connectivity index (χ3n) is 1.78. The van der Waals surface area contributed by atoms with Crippen LogP contribution in [0.5, 0.6) is 0 Å². The average Bonchev–Trinajstić information content (AvgIpc) is 2.93. The van der Waals surface area contributed by atoms with Gasteiger partial charge in [0, 0.05) is 0 Å². The van der Waals surface area contributed by atoms with Crippen LogP contribution in [-0.2, 0) is 19.1 Å². The molecule has 0 unspecified atom stereocenters. The number of esters is 2. The van der Waals surface area contributed by atoms with Crippen molar-refractivity contribution in [3.63, 3.8) is 0 Å². The summed E-state index contributed by atoms with van der Waals surface area (Å²) in [7, 11) is 0. The quantitative estimate of drug-likeness (QED) is 0.423. The predicted octanol–water partition coefficient (Wildman–Crippen LogP) is 2.09. The fraction of sp³-hybridized carbons (Fsp3) is 0.636. The van der Waals surface area contributed by atoms with Gasteiger partial charge in [0.25, 0.3) is 0 Å². The Hall–Kier alpha value is -1.39. The van der Waals surface area contributed by atoms with E-state index in [9.17, 15) is 14.0 Å². The largest absolute Gasteiger partial charge is 0.455 e. The van der Waals surface area contributed by atoms with E-state index in [4.69, 9.17) is 4.74 Å². The van der Waals surface area contributed by atoms with Crippen molar-refractivity contribution in [3.8, 4) is 0 Å². The predicted molar refractivity (Wildman–Crippen MR) is 53.9 cm³/mol. The molecule has 0 aromatic carbocycles. The van der Waals surface area contributed by atoms with Crippen molar-refractivity contribution in [2.24, 2.45) is 5.92 Å². The van der Waals surface area contributed by atoms with E-state index < -0.39 is 23.4 Å². The van der Waals surface area contributed by atoms with Gasteiger partial charge in [0.2, 0.25) is 5.83 Å². The van der Waals surface area contributed by atoms with Crippen LogP contribution in [0, 0.1) is 5.92 Å². The first-order valence-corrected chi connectivity index (χ1v) is 5.09. The van der Waals surface area contributed by atoms with E-state index in [1.165, 1.54) is 0 Å². The van der Waals surface area contributed by atoms with Crippen molar-refractivity contribution in [2.45, 2.75) is 39.2 Å². The standard InChI is InChI=1S/C11H15FO4/c1-11(2,3)16-10(14)8(12)6-15-9(13)7-4-5-7/h6-7H,4-5H2,1-3H3/b8-6-. The zero-order valence-corrected chi connectivity index (χ0v) is 9.58. The number of carbonyl (C=O) groups excluding carboxylic acids is 2. The van der Waals surface area contributed by atoms with Gasteiger partial charge >= 0.3 is 11.9 Å². The minimum atomic E-state index is -1.20. The van der Waals surface area contributed by atoms with Crippen LogP contribution < -0.4 is 0 Å². The number of hydrogen-bond donors (Lipinski definition) is 0. The van der Waals surface area contributed by atoms with Crippen LogP contribution >= 0.6 is 0 Å². The Balaban J connectivity index is 2.42. The molecule has 0 atom stereocenters. The van der Waals surface area contributed by atoms with Crippen molar-refractivity contribution in [3.05, 3.63) is 12.1 Å². The molecule has 0 N–H and O–H groups in total.